The van der Waals surface area contributed by atoms with Crippen molar-refractivity contribution in [3.63, 3.8) is 0 Å². The third kappa shape index (κ3) is 3.02. The number of hydrogen-bond acceptors (Lipinski definition) is 1. The number of aromatic nitrogens is 1. The molecule has 21 heavy (non-hydrogen) atoms. The van der Waals surface area contributed by atoms with E-state index in [1.54, 1.807) is 0 Å². The van der Waals surface area contributed by atoms with E-state index < -0.39 is 5.97 Å². The number of hydrogen-bond donors (Lipinski definition) is 1. The third-order valence-electron chi connectivity index (χ3n) is 4.40. The summed E-state index contributed by atoms with van der Waals surface area (Å²) in [6, 6.07) is 14.2. The van der Waals surface area contributed by atoms with Crippen molar-refractivity contribution in [3.8, 4) is 11.3 Å². The molecular weight excluding hydrogens is 262 g/mol. The lowest BCUT2D eigenvalue weighted by Crippen LogP contribution is -2.16. The molecule has 1 aliphatic rings. The fourth-order valence-corrected chi connectivity index (χ4v) is 3.41. The molecule has 1 aromatic carbocycles. The van der Waals surface area contributed by atoms with Gasteiger partial charge in [-0.15, -0.1) is 0 Å². The Hall–Kier alpha value is -2.03. The van der Waals surface area contributed by atoms with Crippen LogP contribution < -0.4 is 0 Å². The predicted octanol–water partition coefficient (Wildman–Crippen LogP) is 4.29. The number of nitrogens with zero attached hydrogens (tertiary/aromatic N) is 1. The maximum atomic E-state index is 11.3. The van der Waals surface area contributed by atoms with Gasteiger partial charge < -0.3 is 9.67 Å². The van der Waals surface area contributed by atoms with Crippen molar-refractivity contribution in [1.29, 1.82) is 0 Å². The van der Waals surface area contributed by atoms with Gasteiger partial charge in [-0.25, -0.2) is 0 Å². The molecule has 0 saturated heterocycles. The van der Waals surface area contributed by atoms with Crippen LogP contribution in [0.3, 0.4) is 0 Å². The summed E-state index contributed by atoms with van der Waals surface area (Å²) in [7, 11) is 0. The lowest BCUT2D eigenvalue weighted by atomic mass is 9.87. The van der Waals surface area contributed by atoms with E-state index in [0.717, 1.165) is 11.3 Å². The minimum atomic E-state index is -0.777. The highest BCUT2D eigenvalue weighted by Gasteiger charge is 2.21. The maximum absolute atomic E-state index is 11.3. The van der Waals surface area contributed by atoms with E-state index in [1.807, 2.05) is 34.9 Å². The van der Waals surface area contributed by atoms with Crippen LogP contribution in [0.15, 0.2) is 42.5 Å². The Labute approximate surface area is 125 Å². The van der Waals surface area contributed by atoms with Gasteiger partial charge >= 0.3 is 5.97 Å². The fraction of sp³-hybridized carbons (Fsp3) is 0.389. The van der Waals surface area contributed by atoms with Crippen LogP contribution in [0.5, 0.6) is 0 Å². The number of aliphatic carboxylic acids is 1. The molecule has 1 aromatic heterocycles. The Morgan fingerprint density at radius 3 is 2.43 bits per heavy atom. The zero-order chi connectivity index (χ0) is 14.7. The van der Waals surface area contributed by atoms with Crippen LogP contribution >= 0.6 is 0 Å². The van der Waals surface area contributed by atoms with Crippen molar-refractivity contribution in [1.82, 2.24) is 4.57 Å². The van der Waals surface area contributed by atoms with Crippen molar-refractivity contribution in [2.24, 2.45) is 0 Å². The summed E-state index contributed by atoms with van der Waals surface area (Å²) in [6.07, 6.45) is 6.17. The Bertz CT molecular complexity index is 609. The topological polar surface area (TPSA) is 42.2 Å². The van der Waals surface area contributed by atoms with Gasteiger partial charge in [0, 0.05) is 11.4 Å². The highest BCUT2D eigenvalue weighted by atomic mass is 16.4. The molecule has 1 N–H and O–H groups in total. The molecule has 2 aromatic rings. The first-order valence-electron chi connectivity index (χ1n) is 7.72. The molecule has 3 heteroatoms. The molecular formula is C18H21NO2. The molecule has 110 valence electrons. The van der Waals surface area contributed by atoms with Gasteiger partial charge in [-0.05, 0) is 36.5 Å². The normalized spacial score (nSPS) is 16.0. The van der Waals surface area contributed by atoms with Crippen LogP contribution in [-0.2, 0) is 11.3 Å². The quantitative estimate of drug-likeness (QED) is 0.909. The second-order valence-corrected chi connectivity index (χ2v) is 5.82. The Balaban J connectivity index is 2.00. The van der Waals surface area contributed by atoms with Crippen LogP contribution in [0, 0.1) is 0 Å². The van der Waals surface area contributed by atoms with Gasteiger partial charge in [0.05, 0.1) is 0 Å². The molecule has 0 amide bonds. The molecule has 0 spiro atoms. The lowest BCUT2D eigenvalue weighted by Gasteiger charge is -2.24. The van der Waals surface area contributed by atoms with Crippen molar-refractivity contribution in [2.45, 2.75) is 44.6 Å². The first kappa shape index (κ1) is 13.9. The highest BCUT2D eigenvalue weighted by Crippen LogP contribution is 2.35. The first-order valence-corrected chi connectivity index (χ1v) is 7.72. The fourth-order valence-electron chi connectivity index (χ4n) is 3.41. The summed E-state index contributed by atoms with van der Waals surface area (Å²) >= 11 is 0. The van der Waals surface area contributed by atoms with Gasteiger partial charge in [0.2, 0.25) is 0 Å². The molecule has 1 aliphatic carbocycles. The zero-order valence-electron chi connectivity index (χ0n) is 12.2. The number of carboxylic acids is 1. The minimum Gasteiger partial charge on any atom is -0.480 e. The van der Waals surface area contributed by atoms with Crippen LogP contribution in [0.1, 0.15) is 43.7 Å². The molecule has 1 saturated carbocycles. The van der Waals surface area contributed by atoms with E-state index in [0.29, 0.717) is 5.92 Å². The van der Waals surface area contributed by atoms with Crippen LogP contribution in [0.4, 0.5) is 0 Å². The number of carbonyl (C=O) groups is 1. The minimum absolute atomic E-state index is 0.0447. The van der Waals surface area contributed by atoms with E-state index >= 15 is 0 Å². The molecule has 0 unspecified atom stereocenters. The Morgan fingerprint density at radius 2 is 1.76 bits per heavy atom. The second-order valence-electron chi connectivity index (χ2n) is 5.82. The number of carboxylic acid groups (broad SMARTS) is 1. The van der Waals surface area contributed by atoms with Gasteiger partial charge in [-0.1, -0.05) is 49.6 Å². The summed E-state index contributed by atoms with van der Waals surface area (Å²) in [4.78, 5) is 11.3. The molecule has 0 radical (unpaired) electrons. The Morgan fingerprint density at radius 1 is 1.05 bits per heavy atom. The van der Waals surface area contributed by atoms with Crippen molar-refractivity contribution in [2.75, 3.05) is 0 Å². The van der Waals surface area contributed by atoms with E-state index in [1.165, 1.54) is 37.8 Å². The molecule has 0 atom stereocenters. The predicted molar refractivity (Wildman–Crippen MR) is 83.3 cm³/mol. The van der Waals surface area contributed by atoms with Gasteiger partial charge in [-0.2, -0.15) is 0 Å². The second kappa shape index (κ2) is 6.17. The van der Waals surface area contributed by atoms with Gasteiger partial charge in [-0.3, -0.25) is 4.79 Å². The average molecular weight is 283 g/mol. The number of benzene rings is 1. The standard InChI is InChI=1S/C18H21NO2/c20-18(21)13-19-16(14-7-3-1-4-8-14)11-12-17(19)15-9-5-2-6-10-15/h1,3-4,7-8,11-12,15H,2,5-6,9-10,13H2,(H,20,21). The Kier molecular flexibility index (Phi) is 4.09. The van der Waals surface area contributed by atoms with E-state index in [9.17, 15) is 9.90 Å². The van der Waals surface area contributed by atoms with Gasteiger partial charge in [0.25, 0.3) is 0 Å². The van der Waals surface area contributed by atoms with Crippen LogP contribution in [0.25, 0.3) is 11.3 Å². The third-order valence-corrected chi connectivity index (χ3v) is 4.40. The summed E-state index contributed by atoms with van der Waals surface area (Å²) in [5, 5.41) is 9.26. The zero-order valence-corrected chi connectivity index (χ0v) is 12.2. The molecule has 0 aliphatic heterocycles. The van der Waals surface area contributed by atoms with E-state index in [2.05, 4.69) is 12.1 Å². The summed E-state index contributed by atoms with van der Waals surface area (Å²) in [6.45, 7) is 0.0447. The van der Waals surface area contributed by atoms with E-state index in [4.69, 9.17) is 0 Å². The van der Waals surface area contributed by atoms with Gasteiger partial charge in [0.15, 0.2) is 0 Å². The SMILES string of the molecule is O=C(O)Cn1c(-c2ccccc2)ccc1C1CCCCC1. The maximum Gasteiger partial charge on any atom is 0.323 e. The summed E-state index contributed by atoms with van der Waals surface area (Å²) in [5.74, 6) is -0.268. The average Bonchev–Trinajstić information content (AvgIpc) is 2.92. The van der Waals surface area contributed by atoms with E-state index in [-0.39, 0.29) is 6.54 Å². The van der Waals surface area contributed by atoms with Crippen molar-refractivity contribution < 1.29 is 9.90 Å². The molecule has 3 nitrogen and oxygen atoms in total. The summed E-state index contributed by atoms with van der Waals surface area (Å²) in [5.41, 5.74) is 3.29. The first-order chi connectivity index (χ1) is 10.3. The van der Waals surface area contributed by atoms with Gasteiger partial charge in [0.1, 0.15) is 6.54 Å². The highest BCUT2D eigenvalue weighted by molar-refractivity contribution is 5.69. The van der Waals surface area contributed by atoms with Crippen molar-refractivity contribution >= 4 is 5.97 Å². The smallest absolute Gasteiger partial charge is 0.323 e. The van der Waals surface area contributed by atoms with Crippen LogP contribution in [0.2, 0.25) is 0 Å². The van der Waals surface area contributed by atoms with Crippen molar-refractivity contribution in [3.05, 3.63) is 48.2 Å². The molecule has 3 rings (SSSR count). The number of rotatable bonds is 4. The summed E-state index contributed by atoms with van der Waals surface area (Å²) < 4.78 is 1.99. The molecule has 1 heterocycles. The lowest BCUT2D eigenvalue weighted by molar-refractivity contribution is -0.137. The van der Waals surface area contributed by atoms with Crippen LogP contribution in [-0.4, -0.2) is 15.6 Å². The molecule has 1 fully saturated rings. The largest absolute Gasteiger partial charge is 0.480 e. The monoisotopic (exact) mass is 283 g/mol. The molecule has 0 bridgehead atoms.